The molecular weight excluding hydrogens is 90.1 g/mol. The lowest BCUT2D eigenvalue weighted by atomic mass is 10.4. The molecule has 0 aliphatic heterocycles. The van der Waals surface area contributed by atoms with Crippen molar-refractivity contribution in [3.63, 3.8) is 0 Å². The Labute approximate surface area is 43.3 Å². The molecule has 0 saturated carbocycles. The first-order chi connectivity index (χ1) is 3.31. The molecule has 0 amide bonds. The van der Waals surface area contributed by atoms with Gasteiger partial charge in [-0.05, 0) is 6.92 Å². The third-order valence-electron chi connectivity index (χ3n) is 0.652. The van der Waals surface area contributed by atoms with Crippen LogP contribution in [0.2, 0.25) is 0 Å². The molecule has 0 unspecified atom stereocenters. The maximum atomic E-state index is 5.13. The zero-order chi connectivity index (χ0) is 5.70. The third kappa shape index (κ3) is 3.29. The summed E-state index contributed by atoms with van der Waals surface area (Å²) in [4.78, 5) is 0. The molecule has 0 aromatic heterocycles. The van der Waals surface area contributed by atoms with E-state index in [2.05, 4.69) is 5.43 Å². The zero-order valence-corrected chi connectivity index (χ0v) is 4.44. The van der Waals surface area contributed by atoms with Crippen LogP contribution in [0.1, 0.15) is 6.92 Å². The first-order valence-electron chi connectivity index (χ1n) is 2.14. The minimum Gasteiger partial charge on any atom is -0.329 e. The van der Waals surface area contributed by atoms with E-state index in [0.29, 0.717) is 6.54 Å². The second kappa shape index (κ2) is 3.64. The smallest absolute Gasteiger partial charge is 0.0201 e. The maximum absolute atomic E-state index is 5.13. The molecular formula is C4H11N3. The number of nitrogens with two attached hydrogens (primary N) is 2. The standard InChI is InChI=1S/C4H11N3/c1-4(7-6)2-3-5/h2,7H,3,5-6H2,1H3. The van der Waals surface area contributed by atoms with Gasteiger partial charge in [-0.2, -0.15) is 0 Å². The average molecular weight is 101 g/mol. The summed E-state index contributed by atoms with van der Waals surface area (Å²) in [7, 11) is 0. The molecule has 0 atom stereocenters. The van der Waals surface area contributed by atoms with Gasteiger partial charge in [-0.15, -0.1) is 0 Å². The Bertz CT molecular complexity index is 67.3. The number of rotatable bonds is 2. The zero-order valence-electron chi connectivity index (χ0n) is 4.44. The summed E-state index contributed by atoms with van der Waals surface area (Å²) < 4.78 is 0. The number of allylic oxidation sites excluding steroid dienone is 1. The highest BCUT2D eigenvalue weighted by Crippen LogP contribution is 1.76. The SMILES string of the molecule is CC(=CCN)NN. The molecule has 0 bridgehead atoms. The van der Waals surface area contributed by atoms with E-state index in [4.69, 9.17) is 11.6 Å². The fourth-order valence-electron chi connectivity index (χ4n) is 0.236. The molecule has 7 heavy (non-hydrogen) atoms. The first-order valence-corrected chi connectivity index (χ1v) is 2.14. The van der Waals surface area contributed by atoms with E-state index in [1.807, 2.05) is 6.92 Å². The molecule has 0 radical (unpaired) electrons. The minimum absolute atomic E-state index is 0.538. The van der Waals surface area contributed by atoms with E-state index < -0.39 is 0 Å². The Morgan fingerprint density at radius 1 is 1.86 bits per heavy atom. The predicted octanol–water partition coefficient (Wildman–Crippen LogP) is -0.688. The molecule has 0 aliphatic carbocycles. The molecule has 3 heteroatoms. The highest BCUT2D eigenvalue weighted by atomic mass is 15.2. The lowest BCUT2D eigenvalue weighted by molar-refractivity contribution is 0.877. The summed E-state index contributed by atoms with van der Waals surface area (Å²) in [5.41, 5.74) is 8.49. The lowest BCUT2D eigenvalue weighted by Gasteiger charge is -1.93. The van der Waals surface area contributed by atoms with Gasteiger partial charge in [0, 0.05) is 12.2 Å². The molecule has 3 nitrogen and oxygen atoms in total. The van der Waals surface area contributed by atoms with Crippen LogP contribution in [0.25, 0.3) is 0 Å². The summed E-state index contributed by atoms with van der Waals surface area (Å²) in [6.07, 6.45) is 1.81. The van der Waals surface area contributed by atoms with Crippen LogP contribution in [0.3, 0.4) is 0 Å². The molecule has 42 valence electrons. The summed E-state index contributed by atoms with van der Waals surface area (Å²) >= 11 is 0. The fraction of sp³-hybridized carbons (Fsp3) is 0.500. The molecule has 5 N–H and O–H groups in total. The molecule has 0 saturated heterocycles. The van der Waals surface area contributed by atoms with Gasteiger partial charge in [0.2, 0.25) is 0 Å². The summed E-state index contributed by atoms with van der Waals surface area (Å²) in [5, 5.41) is 0. The van der Waals surface area contributed by atoms with Crippen LogP contribution in [0.5, 0.6) is 0 Å². The van der Waals surface area contributed by atoms with Gasteiger partial charge in [-0.3, -0.25) is 5.84 Å². The maximum Gasteiger partial charge on any atom is 0.0201 e. The monoisotopic (exact) mass is 101 g/mol. The summed E-state index contributed by atoms with van der Waals surface area (Å²) in [5.74, 6) is 4.98. The molecule has 0 rings (SSSR count). The van der Waals surface area contributed by atoms with Crippen molar-refractivity contribution in [2.75, 3.05) is 6.54 Å². The third-order valence-corrected chi connectivity index (χ3v) is 0.652. The van der Waals surface area contributed by atoms with Crippen molar-refractivity contribution >= 4 is 0 Å². The Kier molecular flexibility index (Phi) is 3.36. The van der Waals surface area contributed by atoms with Gasteiger partial charge in [0.15, 0.2) is 0 Å². The second-order valence-electron chi connectivity index (χ2n) is 1.27. The molecule has 0 aromatic carbocycles. The largest absolute Gasteiger partial charge is 0.329 e. The van der Waals surface area contributed by atoms with Gasteiger partial charge in [-0.25, -0.2) is 0 Å². The van der Waals surface area contributed by atoms with E-state index in [9.17, 15) is 0 Å². The van der Waals surface area contributed by atoms with Crippen LogP contribution in [0, 0.1) is 0 Å². The highest BCUT2D eigenvalue weighted by molar-refractivity contribution is 4.93. The fourth-order valence-corrected chi connectivity index (χ4v) is 0.236. The Morgan fingerprint density at radius 3 is 2.57 bits per heavy atom. The van der Waals surface area contributed by atoms with E-state index in [0.717, 1.165) is 5.70 Å². The Morgan fingerprint density at radius 2 is 2.43 bits per heavy atom. The van der Waals surface area contributed by atoms with E-state index in [1.165, 1.54) is 0 Å². The van der Waals surface area contributed by atoms with Crippen molar-refractivity contribution in [2.24, 2.45) is 11.6 Å². The first kappa shape index (κ1) is 6.46. The van der Waals surface area contributed by atoms with Gasteiger partial charge in [0.05, 0.1) is 0 Å². The van der Waals surface area contributed by atoms with Crippen LogP contribution in [-0.4, -0.2) is 6.54 Å². The number of hydrogen-bond acceptors (Lipinski definition) is 3. The van der Waals surface area contributed by atoms with E-state index in [1.54, 1.807) is 6.08 Å². The van der Waals surface area contributed by atoms with Crippen LogP contribution in [0.4, 0.5) is 0 Å². The minimum atomic E-state index is 0.538. The van der Waals surface area contributed by atoms with Gasteiger partial charge >= 0.3 is 0 Å². The lowest BCUT2D eigenvalue weighted by Crippen LogP contribution is -2.19. The van der Waals surface area contributed by atoms with Crippen molar-refractivity contribution in [3.05, 3.63) is 11.8 Å². The predicted molar refractivity (Wildman–Crippen MR) is 30.1 cm³/mol. The van der Waals surface area contributed by atoms with Crippen molar-refractivity contribution in [2.45, 2.75) is 6.92 Å². The molecule has 0 aromatic rings. The molecule has 0 spiro atoms. The quantitative estimate of drug-likeness (QED) is 0.319. The van der Waals surface area contributed by atoms with Crippen molar-refractivity contribution in [1.82, 2.24) is 5.43 Å². The van der Waals surface area contributed by atoms with Crippen LogP contribution in [-0.2, 0) is 0 Å². The topological polar surface area (TPSA) is 64.1 Å². The van der Waals surface area contributed by atoms with Gasteiger partial charge < -0.3 is 11.2 Å². The van der Waals surface area contributed by atoms with Crippen LogP contribution < -0.4 is 17.0 Å². The van der Waals surface area contributed by atoms with Crippen molar-refractivity contribution < 1.29 is 0 Å². The van der Waals surface area contributed by atoms with E-state index >= 15 is 0 Å². The molecule has 0 aliphatic rings. The summed E-state index contributed by atoms with van der Waals surface area (Å²) in [6.45, 7) is 2.39. The number of hydrogen-bond donors (Lipinski definition) is 3. The van der Waals surface area contributed by atoms with Crippen LogP contribution >= 0.6 is 0 Å². The molecule has 0 fully saturated rings. The van der Waals surface area contributed by atoms with Crippen LogP contribution in [0.15, 0.2) is 11.8 Å². The second-order valence-corrected chi connectivity index (χ2v) is 1.27. The van der Waals surface area contributed by atoms with Crippen molar-refractivity contribution in [3.8, 4) is 0 Å². The van der Waals surface area contributed by atoms with Crippen molar-refractivity contribution in [1.29, 1.82) is 0 Å². The number of hydrazine groups is 1. The van der Waals surface area contributed by atoms with Gasteiger partial charge in [0.1, 0.15) is 0 Å². The Hall–Kier alpha value is -0.540. The normalized spacial score (nSPS) is 11.6. The van der Waals surface area contributed by atoms with Gasteiger partial charge in [-0.1, -0.05) is 6.08 Å². The highest BCUT2D eigenvalue weighted by Gasteiger charge is 1.74. The summed E-state index contributed by atoms with van der Waals surface area (Å²) in [6, 6.07) is 0. The van der Waals surface area contributed by atoms with Gasteiger partial charge in [0.25, 0.3) is 0 Å². The number of nitrogens with one attached hydrogen (secondary N) is 1. The average Bonchev–Trinajstić information content (AvgIpc) is 1.68. The van der Waals surface area contributed by atoms with E-state index in [-0.39, 0.29) is 0 Å². The molecule has 0 heterocycles. The Balaban J connectivity index is 3.29.